The molecule has 0 N–H and O–H groups in total. The zero-order chi connectivity index (χ0) is 28.3. The maximum absolute atomic E-state index is 12.8. The van der Waals surface area contributed by atoms with Crippen LogP contribution in [0, 0.1) is 38.2 Å². The first-order valence-electron chi connectivity index (χ1n) is 11.7. The van der Waals surface area contributed by atoms with Crippen LogP contribution in [0.3, 0.4) is 0 Å². The molecule has 0 aliphatic heterocycles. The summed E-state index contributed by atoms with van der Waals surface area (Å²) < 4.78 is 38.5. The predicted octanol–water partition coefficient (Wildman–Crippen LogP) is 4.89. The molecule has 3 aromatic heterocycles. The fourth-order valence-electron chi connectivity index (χ4n) is 3.96. The number of benzene rings is 3. The fraction of sp³-hybridized carbons (Fsp3) is 0.100. The van der Waals surface area contributed by atoms with Gasteiger partial charge in [0.1, 0.15) is 17.5 Å². The fourth-order valence-corrected chi connectivity index (χ4v) is 3.96. The molecular weight excluding hydrogens is 534 g/mol. The Labute approximate surface area is 238 Å². The number of rotatable bonds is 0. The smallest absolute Gasteiger partial charge is 0.871 e. The normalized spacial score (nSPS) is 10.3. The molecule has 3 aromatic carbocycles. The average molecular weight is 555 g/mol. The third kappa shape index (κ3) is 6.60. The summed E-state index contributed by atoms with van der Waals surface area (Å²) in [7, 11) is 0. The van der Waals surface area contributed by atoms with Crippen LogP contribution in [0.4, 0.5) is 13.2 Å². The van der Waals surface area contributed by atoms with Crippen LogP contribution in [-0.2, 0) is 0 Å². The third-order valence-electron chi connectivity index (χ3n) is 5.98. The van der Waals surface area contributed by atoms with Gasteiger partial charge in [-0.25, -0.2) is 13.2 Å². The van der Waals surface area contributed by atoms with E-state index in [4.69, 9.17) is 0 Å². The summed E-state index contributed by atoms with van der Waals surface area (Å²) >= 11 is 0. The van der Waals surface area contributed by atoms with Crippen molar-refractivity contribution in [3.63, 3.8) is 0 Å². The molecule has 6 aromatic rings. The largest absolute Gasteiger partial charge is 3.00 e. The van der Waals surface area contributed by atoms with Crippen molar-refractivity contribution in [3.8, 4) is 17.2 Å². The molecule has 0 aliphatic carbocycles. The topological polar surface area (TPSA) is 108 Å². The number of halogens is 3. The molecule has 0 aliphatic rings. The van der Waals surface area contributed by atoms with Gasteiger partial charge in [0, 0.05) is 34.7 Å². The predicted molar refractivity (Wildman–Crippen MR) is 143 cm³/mol. The summed E-state index contributed by atoms with van der Waals surface area (Å²) in [6, 6.07) is 12.1. The molecule has 0 fully saturated rings. The van der Waals surface area contributed by atoms with Crippen LogP contribution >= 0.6 is 0 Å². The molecule has 0 saturated heterocycles. The number of pyridine rings is 3. The number of hydrogen-bond acceptors (Lipinski definition) is 6. The van der Waals surface area contributed by atoms with Gasteiger partial charge in [-0.05, 0) is 92.1 Å². The van der Waals surface area contributed by atoms with Crippen molar-refractivity contribution in [1.29, 1.82) is 0 Å². The Hall–Kier alpha value is -4.39. The first-order valence-corrected chi connectivity index (χ1v) is 11.7. The van der Waals surface area contributed by atoms with Crippen molar-refractivity contribution < 1.29 is 28.5 Å². The van der Waals surface area contributed by atoms with Crippen molar-refractivity contribution in [1.82, 2.24) is 15.0 Å². The van der Waals surface area contributed by atoms with Gasteiger partial charge >= 0.3 is 17.4 Å². The minimum absolute atomic E-state index is 0. The van der Waals surface area contributed by atoms with Crippen LogP contribution < -0.4 is 15.3 Å². The van der Waals surface area contributed by atoms with Gasteiger partial charge in [0.15, 0.2) is 0 Å². The van der Waals surface area contributed by atoms with Crippen LogP contribution in [0.1, 0.15) is 16.7 Å². The average Bonchev–Trinajstić information content (AvgIpc) is 2.87. The van der Waals surface area contributed by atoms with Gasteiger partial charge in [0.25, 0.3) is 0 Å². The van der Waals surface area contributed by atoms with E-state index in [-0.39, 0.29) is 34.6 Å². The van der Waals surface area contributed by atoms with E-state index in [2.05, 4.69) is 15.0 Å². The van der Waals surface area contributed by atoms with Gasteiger partial charge in [-0.15, -0.1) is 0 Å². The summed E-state index contributed by atoms with van der Waals surface area (Å²) in [6.45, 7) is 5.47. The maximum Gasteiger partial charge on any atom is 3.00 e. The van der Waals surface area contributed by atoms with Crippen LogP contribution in [0.15, 0.2) is 73.2 Å². The van der Waals surface area contributed by atoms with E-state index in [1.54, 1.807) is 36.8 Å². The van der Waals surface area contributed by atoms with E-state index < -0.39 is 17.5 Å². The van der Waals surface area contributed by atoms with E-state index in [1.807, 2.05) is 20.8 Å². The molecule has 0 saturated carbocycles. The molecule has 0 amide bonds. The Bertz CT molecular complexity index is 1620. The Balaban J connectivity index is 0.000000163. The molecule has 0 bridgehead atoms. The summed E-state index contributed by atoms with van der Waals surface area (Å²) in [6.07, 6.45) is 4.66. The first kappa shape index (κ1) is 30.2. The third-order valence-corrected chi connectivity index (χ3v) is 5.98. The van der Waals surface area contributed by atoms with E-state index in [0.717, 1.165) is 34.9 Å². The maximum atomic E-state index is 12.8. The number of fused-ring (bicyclic) bond motifs is 3. The van der Waals surface area contributed by atoms with Crippen LogP contribution in [0.2, 0.25) is 0 Å². The van der Waals surface area contributed by atoms with Gasteiger partial charge in [-0.2, -0.15) is 0 Å². The number of nitrogens with zero attached hydrogens (tertiary/aromatic N) is 3. The summed E-state index contributed by atoms with van der Waals surface area (Å²) in [5.41, 5.74) is 3.59. The molecule has 3 heterocycles. The standard InChI is InChI=1S/3C10H8FNO.Al/c3*1-6-2-3-12-10-8(6)4-7(11)5-9(10)13;/h3*2-5,13H,1H3;/q;;;+3/p-3. The van der Waals surface area contributed by atoms with Crippen molar-refractivity contribution >= 4 is 50.1 Å². The molecular formula is C30H21AlF3N3O3. The van der Waals surface area contributed by atoms with Crippen molar-refractivity contribution in [2.24, 2.45) is 0 Å². The Morgan fingerprint density at radius 3 is 0.975 bits per heavy atom. The Morgan fingerprint density at radius 2 is 0.725 bits per heavy atom. The van der Waals surface area contributed by atoms with Gasteiger partial charge in [0.2, 0.25) is 0 Å². The van der Waals surface area contributed by atoms with E-state index in [1.165, 1.54) is 18.2 Å². The molecule has 0 unspecified atom stereocenters. The molecule has 6 rings (SSSR count). The van der Waals surface area contributed by atoms with E-state index >= 15 is 0 Å². The van der Waals surface area contributed by atoms with Gasteiger partial charge in [-0.1, -0.05) is 17.2 Å². The SMILES string of the molecule is Cc1ccnc2c([O-])cc(F)cc12.Cc1ccnc2c([O-])cc(F)cc12.Cc1ccnc2c([O-])cc(F)cc12.[Al+3]. The minimum Gasteiger partial charge on any atom is -0.871 e. The minimum atomic E-state index is -0.506. The number of hydrogen-bond donors (Lipinski definition) is 0. The Kier molecular flexibility index (Phi) is 9.53. The van der Waals surface area contributed by atoms with Gasteiger partial charge in [0.05, 0.1) is 16.6 Å². The second kappa shape index (κ2) is 12.6. The van der Waals surface area contributed by atoms with Crippen molar-refractivity contribution in [2.75, 3.05) is 0 Å². The summed E-state index contributed by atoms with van der Waals surface area (Å²) in [4.78, 5) is 11.7. The molecule has 198 valence electrons. The number of aromatic nitrogens is 3. The molecule has 0 spiro atoms. The molecule has 0 radical (unpaired) electrons. The first-order chi connectivity index (χ1) is 18.5. The van der Waals surface area contributed by atoms with Crippen molar-refractivity contribution in [3.05, 3.63) is 107 Å². The van der Waals surface area contributed by atoms with E-state index in [0.29, 0.717) is 32.7 Å². The summed E-state index contributed by atoms with van der Waals surface area (Å²) in [5, 5.41) is 35.5. The summed E-state index contributed by atoms with van der Waals surface area (Å²) in [5.74, 6) is -2.60. The van der Waals surface area contributed by atoms with Crippen LogP contribution in [-0.4, -0.2) is 32.3 Å². The second-order valence-corrected chi connectivity index (χ2v) is 8.78. The van der Waals surface area contributed by atoms with E-state index in [9.17, 15) is 28.5 Å². The van der Waals surface area contributed by atoms with Gasteiger partial charge < -0.3 is 15.3 Å². The second-order valence-electron chi connectivity index (χ2n) is 8.78. The van der Waals surface area contributed by atoms with Crippen LogP contribution in [0.5, 0.6) is 17.2 Å². The quantitative estimate of drug-likeness (QED) is 0.247. The molecule has 10 heteroatoms. The Morgan fingerprint density at radius 1 is 0.475 bits per heavy atom. The zero-order valence-corrected chi connectivity index (χ0v) is 22.9. The van der Waals surface area contributed by atoms with Crippen LogP contribution in [0.25, 0.3) is 32.7 Å². The molecule has 6 nitrogen and oxygen atoms in total. The van der Waals surface area contributed by atoms with Crippen molar-refractivity contribution in [2.45, 2.75) is 20.8 Å². The molecule has 0 atom stereocenters. The number of aryl methyl sites for hydroxylation is 3. The monoisotopic (exact) mass is 555 g/mol. The molecule has 40 heavy (non-hydrogen) atoms. The van der Waals surface area contributed by atoms with Gasteiger partial charge in [-0.3, -0.25) is 15.0 Å². The zero-order valence-electron chi connectivity index (χ0n) is 21.7.